The molecule has 84 valence electrons. The summed E-state index contributed by atoms with van der Waals surface area (Å²) in [7, 11) is 0. The lowest BCUT2D eigenvalue weighted by molar-refractivity contribution is 0.168. The van der Waals surface area contributed by atoms with Gasteiger partial charge in [0, 0.05) is 23.3 Å². The molecule has 1 aromatic carbocycles. The molecule has 2 aromatic rings. The van der Waals surface area contributed by atoms with E-state index in [0.717, 1.165) is 0 Å². The van der Waals surface area contributed by atoms with Crippen LogP contribution >= 0.6 is 15.9 Å². The predicted molar refractivity (Wildman–Crippen MR) is 61.4 cm³/mol. The van der Waals surface area contributed by atoms with Crippen LogP contribution in [0.2, 0.25) is 0 Å². The van der Waals surface area contributed by atoms with E-state index in [1.54, 1.807) is 24.5 Å². The Hall–Kier alpha value is -1.20. The van der Waals surface area contributed by atoms with Crippen LogP contribution in [0.25, 0.3) is 0 Å². The molecule has 0 aliphatic rings. The smallest absolute Gasteiger partial charge is 0.135 e. The summed E-state index contributed by atoms with van der Waals surface area (Å²) in [5.41, 5.74) is 0.465. The van der Waals surface area contributed by atoms with Crippen LogP contribution in [0.15, 0.2) is 35.1 Å². The van der Waals surface area contributed by atoms with Gasteiger partial charge in [0.05, 0.1) is 0 Å². The first-order chi connectivity index (χ1) is 7.66. The number of aliphatic hydroxyl groups is 1. The van der Waals surface area contributed by atoms with E-state index in [0.29, 0.717) is 15.9 Å². The summed E-state index contributed by atoms with van der Waals surface area (Å²) in [6, 6.07) is 4.77. The van der Waals surface area contributed by atoms with Crippen molar-refractivity contribution in [2.24, 2.45) is 0 Å². The summed E-state index contributed by atoms with van der Waals surface area (Å²) < 4.78 is 14.2. The van der Waals surface area contributed by atoms with Crippen molar-refractivity contribution in [3.8, 4) is 0 Å². The van der Waals surface area contributed by atoms with E-state index >= 15 is 0 Å². The lowest BCUT2D eigenvalue weighted by atomic mass is 10.1. The van der Waals surface area contributed by atoms with Gasteiger partial charge in [-0.1, -0.05) is 22.0 Å². The molecule has 3 nitrogen and oxygen atoms in total. The third-order valence-electron chi connectivity index (χ3n) is 2.26. The number of aromatic nitrogens is 2. The minimum absolute atomic E-state index is 0.201. The van der Waals surface area contributed by atoms with Crippen molar-refractivity contribution in [2.45, 2.75) is 12.5 Å². The van der Waals surface area contributed by atoms with Gasteiger partial charge in [0.15, 0.2) is 0 Å². The number of aliphatic hydroxyl groups excluding tert-OH is 1. The average Bonchev–Trinajstić information content (AvgIpc) is 2.75. The Labute approximate surface area is 100 Å². The molecule has 0 radical (unpaired) electrons. The van der Waals surface area contributed by atoms with E-state index in [9.17, 15) is 9.50 Å². The Kier molecular flexibility index (Phi) is 3.36. The van der Waals surface area contributed by atoms with E-state index in [1.165, 1.54) is 6.07 Å². The largest absolute Gasteiger partial charge is 0.385 e. The lowest BCUT2D eigenvalue weighted by Gasteiger charge is -2.08. The Bertz CT molecular complexity index is 473. The molecule has 0 saturated heterocycles. The van der Waals surface area contributed by atoms with Crippen molar-refractivity contribution >= 4 is 15.9 Å². The van der Waals surface area contributed by atoms with Crippen LogP contribution in [-0.4, -0.2) is 15.1 Å². The number of rotatable bonds is 3. The molecule has 2 N–H and O–H groups in total. The standard InChI is InChI=1S/C11H10BrFN2O/c12-8-2-1-7(9(13)6-8)5-10(16)11-14-3-4-15-11/h1-4,6,10,16H,5H2,(H,14,15). The first kappa shape index (κ1) is 11.3. The van der Waals surface area contributed by atoms with Gasteiger partial charge in [0.1, 0.15) is 17.7 Å². The zero-order valence-electron chi connectivity index (χ0n) is 8.32. The first-order valence-electron chi connectivity index (χ1n) is 4.78. The second-order valence-corrected chi connectivity index (χ2v) is 4.35. The van der Waals surface area contributed by atoms with Crippen LogP contribution in [0.5, 0.6) is 0 Å². The number of nitrogens with one attached hydrogen (secondary N) is 1. The van der Waals surface area contributed by atoms with Crippen LogP contribution in [0.3, 0.4) is 0 Å². The summed E-state index contributed by atoms with van der Waals surface area (Å²) in [6.45, 7) is 0. The van der Waals surface area contributed by atoms with Gasteiger partial charge in [-0.25, -0.2) is 9.37 Å². The van der Waals surface area contributed by atoms with E-state index < -0.39 is 6.10 Å². The third kappa shape index (κ3) is 2.48. The van der Waals surface area contributed by atoms with Gasteiger partial charge in [-0.05, 0) is 17.7 Å². The maximum absolute atomic E-state index is 13.5. The molecule has 1 aromatic heterocycles. The predicted octanol–water partition coefficient (Wildman–Crippen LogP) is 2.59. The molecule has 0 aliphatic carbocycles. The Morgan fingerprint density at radius 3 is 2.94 bits per heavy atom. The molecule has 1 unspecified atom stereocenters. The second kappa shape index (κ2) is 4.76. The minimum Gasteiger partial charge on any atom is -0.385 e. The molecule has 1 atom stereocenters. The first-order valence-corrected chi connectivity index (χ1v) is 5.57. The molecule has 5 heteroatoms. The number of hydrogen-bond acceptors (Lipinski definition) is 2. The summed E-state index contributed by atoms with van der Waals surface area (Å²) >= 11 is 3.18. The lowest BCUT2D eigenvalue weighted by Crippen LogP contribution is -2.05. The highest BCUT2D eigenvalue weighted by molar-refractivity contribution is 9.10. The highest BCUT2D eigenvalue weighted by Crippen LogP contribution is 2.20. The molecule has 1 heterocycles. The van der Waals surface area contributed by atoms with E-state index in [2.05, 4.69) is 25.9 Å². The zero-order valence-corrected chi connectivity index (χ0v) is 9.91. The molecule has 16 heavy (non-hydrogen) atoms. The van der Waals surface area contributed by atoms with Gasteiger partial charge < -0.3 is 10.1 Å². The SMILES string of the molecule is OC(Cc1ccc(Br)cc1F)c1ncc[nH]1. The third-order valence-corrected chi connectivity index (χ3v) is 2.76. The summed E-state index contributed by atoms with van der Waals surface area (Å²) in [6.07, 6.45) is 2.56. The number of H-pyrrole nitrogens is 1. The Morgan fingerprint density at radius 2 is 2.31 bits per heavy atom. The molecular weight excluding hydrogens is 275 g/mol. The minimum atomic E-state index is -0.814. The van der Waals surface area contributed by atoms with Gasteiger partial charge in [-0.15, -0.1) is 0 Å². The number of benzene rings is 1. The van der Waals surface area contributed by atoms with Crippen molar-refractivity contribution in [1.82, 2.24) is 9.97 Å². The van der Waals surface area contributed by atoms with Crippen LogP contribution < -0.4 is 0 Å². The van der Waals surface area contributed by atoms with Crippen molar-refractivity contribution in [3.63, 3.8) is 0 Å². The quantitative estimate of drug-likeness (QED) is 0.910. The fraction of sp³-hybridized carbons (Fsp3) is 0.182. The van der Waals surface area contributed by atoms with Crippen molar-refractivity contribution in [3.05, 3.63) is 52.3 Å². The van der Waals surface area contributed by atoms with Crippen LogP contribution in [0, 0.1) is 5.82 Å². The van der Waals surface area contributed by atoms with Crippen LogP contribution in [-0.2, 0) is 6.42 Å². The molecule has 0 spiro atoms. The fourth-order valence-corrected chi connectivity index (χ4v) is 1.79. The summed E-state index contributed by atoms with van der Waals surface area (Å²) in [5.74, 6) is 0.113. The molecular formula is C11H10BrFN2O. The van der Waals surface area contributed by atoms with Crippen molar-refractivity contribution < 1.29 is 9.50 Å². The van der Waals surface area contributed by atoms with Gasteiger partial charge in [-0.2, -0.15) is 0 Å². The molecule has 0 fully saturated rings. The van der Waals surface area contributed by atoms with E-state index in [4.69, 9.17) is 0 Å². The average molecular weight is 285 g/mol. The highest BCUT2D eigenvalue weighted by Gasteiger charge is 2.13. The van der Waals surface area contributed by atoms with Gasteiger partial charge in [-0.3, -0.25) is 0 Å². The normalized spacial score (nSPS) is 12.7. The molecule has 2 rings (SSSR count). The fourth-order valence-electron chi connectivity index (χ4n) is 1.45. The number of hydrogen-bond donors (Lipinski definition) is 2. The number of aromatic amines is 1. The number of halogens is 2. The number of nitrogens with zero attached hydrogens (tertiary/aromatic N) is 1. The molecule has 0 aliphatic heterocycles. The van der Waals surface area contributed by atoms with Crippen LogP contribution in [0.1, 0.15) is 17.5 Å². The van der Waals surface area contributed by atoms with Gasteiger partial charge in [0.25, 0.3) is 0 Å². The van der Waals surface area contributed by atoms with Crippen molar-refractivity contribution in [2.75, 3.05) is 0 Å². The van der Waals surface area contributed by atoms with Gasteiger partial charge >= 0.3 is 0 Å². The number of imidazole rings is 1. The Balaban J connectivity index is 2.15. The topological polar surface area (TPSA) is 48.9 Å². The van der Waals surface area contributed by atoms with Gasteiger partial charge in [0.2, 0.25) is 0 Å². The maximum atomic E-state index is 13.5. The van der Waals surface area contributed by atoms with E-state index in [-0.39, 0.29) is 12.2 Å². The van der Waals surface area contributed by atoms with Crippen LogP contribution in [0.4, 0.5) is 4.39 Å². The highest BCUT2D eigenvalue weighted by atomic mass is 79.9. The molecule has 0 amide bonds. The van der Waals surface area contributed by atoms with Crippen molar-refractivity contribution in [1.29, 1.82) is 0 Å². The summed E-state index contributed by atoms with van der Waals surface area (Å²) in [4.78, 5) is 6.72. The maximum Gasteiger partial charge on any atom is 0.135 e. The molecule has 0 saturated carbocycles. The molecule has 0 bridgehead atoms. The second-order valence-electron chi connectivity index (χ2n) is 3.43. The van der Waals surface area contributed by atoms with E-state index in [1.807, 2.05) is 0 Å². The zero-order chi connectivity index (χ0) is 11.5. The monoisotopic (exact) mass is 284 g/mol. The summed E-state index contributed by atoms with van der Waals surface area (Å²) in [5, 5.41) is 9.78. The Morgan fingerprint density at radius 1 is 1.50 bits per heavy atom.